The molecular formula is C27H30ClN3O3S. The third-order valence-electron chi connectivity index (χ3n) is 6.87. The van der Waals surface area contributed by atoms with E-state index in [0.717, 1.165) is 45.5 Å². The van der Waals surface area contributed by atoms with Crippen LogP contribution in [0.1, 0.15) is 55.4 Å². The topological polar surface area (TPSA) is 69.7 Å². The van der Waals surface area contributed by atoms with Gasteiger partial charge in [0.25, 0.3) is 11.1 Å². The molecule has 2 aliphatic heterocycles. The fourth-order valence-electron chi connectivity index (χ4n) is 4.78. The summed E-state index contributed by atoms with van der Waals surface area (Å²) in [6.45, 7) is 10.1. The molecule has 184 valence electrons. The van der Waals surface area contributed by atoms with E-state index in [1.807, 2.05) is 44.2 Å². The number of thioether (sulfide) groups is 1. The van der Waals surface area contributed by atoms with E-state index in [1.54, 1.807) is 6.08 Å². The molecule has 1 N–H and O–H groups in total. The molecule has 2 aromatic carbocycles. The summed E-state index contributed by atoms with van der Waals surface area (Å²) < 4.78 is 0. The third-order valence-corrected chi connectivity index (χ3v) is 8.10. The Morgan fingerprint density at radius 2 is 1.94 bits per heavy atom. The molecule has 6 nitrogen and oxygen atoms in total. The van der Waals surface area contributed by atoms with Gasteiger partial charge in [-0.1, -0.05) is 36.2 Å². The van der Waals surface area contributed by atoms with Crippen molar-refractivity contribution in [2.45, 2.75) is 52.5 Å². The van der Waals surface area contributed by atoms with E-state index in [1.165, 1.54) is 0 Å². The zero-order valence-corrected chi connectivity index (χ0v) is 22.4. The summed E-state index contributed by atoms with van der Waals surface area (Å²) >= 11 is 7.44. The highest BCUT2D eigenvalue weighted by Crippen LogP contribution is 2.45. The van der Waals surface area contributed by atoms with Gasteiger partial charge in [0, 0.05) is 29.0 Å². The molecule has 0 saturated carbocycles. The van der Waals surface area contributed by atoms with Crippen LogP contribution < -0.4 is 10.2 Å². The maximum atomic E-state index is 13.0. The summed E-state index contributed by atoms with van der Waals surface area (Å²) in [7, 11) is 2.06. The van der Waals surface area contributed by atoms with Crippen molar-refractivity contribution in [3.8, 4) is 0 Å². The molecular weight excluding hydrogens is 482 g/mol. The Morgan fingerprint density at radius 1 is 1.23 bits per heavy atom. The Labute approximate surface area is 215 Å². The largest absolute Gasteiger partial charge is 0.369 e. The van der Waals surface area contributed by atoms with E-state index in [-0.39, 0.29) is 17.0 Å². The number of carbonyl (C=O) groups excluding carboxylic acids is 3. The molecule has 3 amide bonds. The van der Waals surface area contributed by atoms with Crippen LogP contribution in [0.25, 0.3) is 6.08 Å². The molecule has 0 radical (unpaired) electrons. The van der Waals surface area contributed by atoms with E-state index in [0.29, 0.717) is 22.2 Å². The average Bonchev–Trinajstić information content (AvgIpc) is 3.02. The quantitative estimate of drug-likeness (QED) is 0.484. The number of imide groups is 1. The molecule has 8 heteroatoms. The Balaban J connectivity index is 1.54. The summed E-state index contributed by atoms with van der Waals surface area (Å²) in [6.07, 6.45) is 2.64. The molecule has 0 bridgehead atoms. The van der Waals surface area contributed by atoms with E-state index in [4.69, 9.17) is 11.6 Å². The average molecular weight is 512 g/mol. The van der Waals surface area contributed by atoms with Crippen LogP contribution in [0.5, 0.6) is 0 Å². The number of anilines is 2. The lowest BCUT2D eigenvalue weighted by Crippen LogP contribution is -2.45. The summed E-state index contributed by atoms with van der Waals surface area (Å²) in [5, 5.41) is 2.83. The van der Waals surface area contributed by atoms with Gasteiger partial charge in [-0.05, 0) is 92.8 Å². The summed E-state index contributed by atoms with van der Waals surface area (Å²) in [4.78, 5) is 41.6. The number of hydrogen-bond donors (Lipinski definition) is 1. The fraction of sp³-hybridized carbons (Fsp3) is 0.370. The molecule has 0 aromatic heterocycles. The molecule has 2 heterocycles. The van der Waals surface area contributed by atoms with Crippen molar-refractivity contribution >= 4 is 57.9 Å². The van der Waals surface area contributed by atoms with Gasteiger partial charge < -0.3 is 10.2 Å². The maximum absolute atomic E-state index is 13.0. The van der Waals surface area contributed by atoms with Crippen molar-refractivity contribution < 1.29 is 14.4 Å². The predicted octanol–water partition coefficient (Wildman–Crippen LogP) is 6.35. The first-order chi connectivity index (χ1) is 16.4. The maximum Gasteiger partial charge on any atom is 0.294 e. The van der Waals surface area contributed by atoms with Crippen LogP contribution in [-0.2, 0) is 9.59 Å². The molecule has 0 spiro atoms. The number of amides is 3. The second-order valence-electron chi connectivity index (χ2n) is 10.0. The number of nitrogens with zero attached hydrogens (tertiary/aromatic N) is 2. The lowest BCUT2D eigenvalue weighted by atomic mass is 9.80. The molecule has 1 fully saturated rings. The van der Waals surface area contributed by atoms with Crippen LogP contribution in [0, 0.1) is 13.8 Å². The molecule has 2 aliphatic rings. The number of aryl methyl sites for hydroxylation is 2. The van der Waals surface area contributed by atoms with Crippen molar-refractivity contribution in [2.75, 3.05) is 23.8 Å². The monoisotopic (exact) mass is 511 g/mol. The first-order valence-corrected chi connectivity index (χ1v) is 12.8. The van der Waals surface area contributed by atoms with Crippen molar-refractivity contribution in [3.63, 3.8) is 0 Å². The Kier molecular flexibility index (Phi) is 6.77. The van der Waals surface area contributed by atoms with Gasteiger partial charge in [0.1, 0.15) is 6.54 Å². The van der Waals surface area contributed by atoms with Crippen LogP contribution in [0.2, 0.25) is 5.02 Å². The summed E-state index contributed by atoms with van der Waals surface area (Å²) in [5.41, 5.74) is 5.60. The SMILES string of the molecule is Cc1ccc(NC(=O)CN2C(=O)S/C(=C\c3cc4c(cc3Cl)N(C)C(C)(C)CC4C)C2=O)c(C)c1. The third kappa shape index (κ3) is 4.98. The Hall–Kier alpha value is -2.77. The van der Waals surface area contributed by atoms with Crippen molar-refractivity contribution in [1.82, 2.24) is 4.90 Å². The number of fused-ring (bicyclic) bond motifs is 1. The van der Waals surface area contributed by atoms with Gasteiger partial charge >= 0.3 is 0 Å². The minimum atomic E-state index is -0.490. The van der Waals surface area contributed by atoms with Gasteiger partial charge in [0.05, 0.1) is 4.91 Å². The molecule has 2 aromatic rings. The highest BCUT2D eigenvalue weighted by molar-refractivity contribution is 8.18. The van der Waals surface area contributed by atoms with E-state index < -0.39 is 17.1 Å². The second kappa shape index (κ2) is 9.36. The van der Waals surface area contributed by atoms with Gasteiger partial charge in [-0.15, -0.1) is 0 Å². The normalized spacial score (nSPS) is 20.4. The first kappa shape index (κ1) is 25.3. The summed E-state index contributed by atoms with van der Waals surface area (Å²) in [6, 6.07) is 9.61. The number of rotatable bonds is 4. The van der Waals surface area contributed by atoms with Crippen LogP contribution in [-0.4, -0.2) is 41.1 Å². The van der Waals surface area contributed by atoms with E-state index in [9.17, 15) is 14.4 Å². The lowest BCUT2D eigenvalue weighted by molar-refractivity contribution is -0.127. The molecule has 0 aliphatic carbocycles. The first-order valence-electron chi connectivity index (χ1n) is 11.6. The van der Waals surface area contributed by atoms with Crippen LogP contribution in [0.4, 0.5) is 16.2 Å². The smallest absolute Gasteiger partial charge is 0.294 e. The van der Waals surface area contributed by atoms with Gasteiger partial charge in [-0.25, -0.2) is 0 Å². The van der Waals surface area contributed by atoms with Crippen molar-refractivity contribution in [2.24, 2.45) is 0 Å². The van der Waals surface area contributed by atoms with Crippen molar-refractivity contribution in [3.05, 3.63) is 62.5 Å². The van der Waals surface area contributed by atoms with E-state index in [2.05, 4.69) is 38.0 Å². The van der Waals surface area contributed by atoms with Crippen molar-refractivity contribution in [1.29, 1.82) is 0 Å². The molecule has 1 unspecified atom stereocenters. The van der Waals surface area contributed by atoms with Crippen LogP contribution >= 0.6 is 23.4 Å². The molecule has 1 saturated heterocycles. The molecule has 4 rings (SSSR count). The minimum absolute atomic E-state index is 0.0115. The zero-order chi connectivity index (χ0) is 25.7. The minimum Gasteiger partial charge on any atom is -0.369 e. The Bertz CT molecular complexity index is 1270. The number of halogens is 1. The van der Waals surface area contributed by atoms with Gasteiger partial charge in [-0.2, -0.15) is 0 Å². The Morgan fingerprint density at radius 3 is 2.63 bits per heavy atom. The fourth-order valence-corrected chi connectivity index (χ4v) is 5.82. The van der Waals surface area contributed by atoms with Gasteiger partial charge in [0.15, 0.2) is 0 Å². The zero-order valence-electron chi connectivity index (χ0n) is 20.9. The molecule has 1 atom stereocenters. The van der Waals surface area contributed by atoms with Crippen LogP contribution in [0.3, 0.4) is 0 Å². The summed E-state index contributed by atoms with van der Waals surface area (Å²) in [5.74, 6) is -0.590. The predicted molar refractivity (Wildman–Crippen MR) is 144 cm³/mol. The lowest BCUT2D eigenvalue weighted by Gasteiger charge is -2.45. The van der Waals surface area contributed by atoms with Gasteiger partial charge in [0.2, 0.25) is 5.91 Å². The highest BCUT2D eigenvalue weighted by atomic mass is 35.5. The highest BCUT2D eigenvalue weighted by Gasteiger charge is 2.37. The van der Waals surface area contributed by atoms with E-state index >= 15 is 0 Å². The van der Waals surface area contributed by atoms with Gasteiger partial charge in [-0.3, -0.25) is 19.3 Å². The standard InChI is InChI=1S/C27H30ClN3O3S/c1-15-7-8-21(16(2)9-15)29-24(32)14-31-25(33)23(35-26(31)34)11-18-10-19-17(3)13-27(4,5)30(6)22(19)12-20(18)28/h7-12,17H,13-14H2,1-6H3,(H,29,32)/b23-11-. The number of nitrogens with one attached hydrogen (secondary N) is 1. The number of hydrogen-bond acceptors (Lipinski definition) is 5. The second-order valence-corrected chi connectivity index (χ2v) is 11.4. The number of benzene rings is 2. The number of carbonyl (C=O) groups is 3. The molecule has 35 heavy (non-hydrogen) atoms. The van der Waals surface area contributed by atoms with Crippen LogP contribution in [0.15, 0.2) is 35.2 Å².